The van der Waals surface area contributed by atoms with Crippen LogP contribution in [0.2, 0.25) is 0 Å². The third-order valence-electron chi connectivity index (χ3n) is 3.22. The van der Waals surface area contributed by atoms with E-state index in [2.05, 4.69) is 10.6 Å². The first-order chi connectivity index (χ1) is 10.1. The topological polar surface area (TPSA) is 50.4 Å². The van der Waals surface area contributed by atoms with Gasteiger partial charge in [0.25, 0.3) is 0 Å². The van der Waals surface area contributed by atoms with Crippen molar-refractivity contribution in [3.05, 3.63) is 54.1 Å². The number of carbonyl (C=O) groups is 1. The van der Waals surface area contributed by atoms with Crippen LogP contribution in [0.15, 0.2) is 48.5 Å². The highest BCUT2D eigenvalue weighted by atomic mass is 16.5. The number of nitrogens with one attached hydrogen (secondary N) is 2. The molecule has 2 N–H and O–H groups in total. The van der Waals surface area contributed by atoms with Gasteiger partial charge in [0.1, 0.15) is 5.75 Å². The second-order valence-electron chi connectivity index (χ2n) is 4.91. The number of carbonyl (C=O) groups excluding carboxylic acids is 1. The van der Waals surface area contributed by atoms with Gasteiger partial charge in [0.05, 0.1) is 11.7 Å². The Kier molecular flexibility index (Phi) is 4.95. The van der Waals surface area contributed by atoms with Crippen LogP contribution in [0, 0.1) is 6.92 Å². The molecule has 2 aromatic rings. The third-order valence-corrected chi connectivity index (χ3v) is 3.22. The molecule has 4 heteroatoms. The molecule has 110 valence electrons. The minimum absolute atomic E-state index is 0.0996. The summed E-state index contributed by atoms with van der Waals surface area (Å²) >= 11 is 0. The molecule has 1 unspecified atom stereocenters. The Balaban J connectivity index is 2.17. The van der Waals surface area contributed by atoms with E-state index in [4.69, 9.17) is 4.74 Å². The van der Waals surface area contributed by atoms with Crippen molar-refractivity contribution in [3.8, 4) is 11.5 Å². The number of hydrogen-bond acceptors (Lipinski definition) is 3. The average Bonchev–Trinajstić information content (AvgIpc) is 2.50. The van der Waals surface area contributed by atoms with Crippen molar-refractivity contribution in [3.63, 3.8) is 0 Å². The minimum atomic E-state index is -0.266. The van der Waals surface area contributed by atoms with Crippen LogP contribution in [0.25, 0.3) is 0 Å². The van der Waals surface area contributed by atoms with Crippen molar-refractivity contribution in [2.75, 3.05) is 12.4 Å². The van der Waals surface area contributed by atoms with Crippen molar-refractivity contribution in [2.45, 2.75) is 19.9 Å². The number of hydrogen-bond donors (Lipinski definition) is 2. The third kappa shape index (κ3) is 4.07. The van der Waals surface area contributed by atoms with Crippen LogP contribution in [0.4, 0.5) is 5.69 Å². The lowest BCUT2D eigenvalue weighted by Gasteiger charge is -2.15. The van der Waals surface area contributed by atoms with Crippen LogP contribution in [-0.4, -0.2) is 19.0 Å². The maximum Gasteiger partial charge on any atom is 0.241 e. The zero-order valence-corrected chi connectivity index (χ0v) is 12.5. The molecular weight excluding hydrogens is 264 g/mol. The van der Waals surface area contributed by atoms with E-state index in [1.54, 1.807) is 14.0 Å². The van der Waals surface area contributed by atoms with Gasteiger partial charge in [0.2, 0.25) is 5.91 Å². The van der Waals surface area contributed by atoms with Gasteiger partial charge in [-0.2, -0.15) is 0 Å². The first-order valence-electron chi connectivity index (χ1n) is 6.92. The molecule has 2 aromatic carbocycles. The Morgan fingerprint density at radius 2 is 1.76 bits per heavy atom. The van der Waals surface area contributed by atoms with Crippen LogP contribution in [-0.2, 0) is 4.79 Å². The fraction of sp³-hybridized carbons (Fsp3) is 0.235. The van der Waals surface area contributed by atoms with Crippen LogP contribution in [0.5, 0.6) is 11.5 Å². The molecule has 0 saturated heterocycles. The maximum atomic E-state index is 12.0. The number of para-hydroxylation sites is 2. The molecule has 0 bridgehead atoms. The van der Waals surface area contributed by atoms with E-state index in [1.165, 1.54) is 5.56 Å². The first kappa shape index (κ1) is 15.1. The Labute approximate surface area is 125 Å². The lowest BCUT2D eigenvalue weighted by atomic mass is 10.2. The Hall–Kier alpha value is -2.33. The standard InChI is InChI=1S/C17H20N2O2/c1-12-8-10-14(11-9-12)21-16-7-5-4-6-15(16)19-17(20)13(2)18-3/h4-11,13,18H,1-3H3,(H,19,20). The van der Waals surface area contributed by atoms with E-state index in [0.717, 1.165) is 5.75 Å². The van der Waals surface area contributed by atoms with E-state index < -0.39 is 0 Å². The predicted octanol–water partition coefficient (Wildman–Crippen LogP) is 3.33. The number of likely N-dealkylation sites (N-methyl/N-ethyl adjacent to an activating group) is 1. The van der Waals surface area contributed by atoms with Crippen molar-refractivity contribution in [1.82, 2.24) is 5.32 Å². The first-order valence-corrected chi connectivity index (χ1v) is 6.92. The zero-order valence-electron chi connectivity index (χ0n) is 12.5. The quantitative estimate of drug-likeness (QED) is 0.885. The Bertz CT molecular complexity index is 608. The molecule has 0 saturated carbocycles. The summed E-state index contributed by atoms with van der Waals surface area (Å²) in [6.07, 6.45) is 0. The largest absolute Gasteiger partial charge is 0.455 e. The van der Waals surface area contributed by atoms with Gasteiger partial charge in [-0.15, -0.1) is 0 Å². The van der Waals surface area contributed by atoms with E-state index >= 15 is 0 Å². The number of rotatable bonds is 5. The monoisotopic (exact) mass is 284 g/mol. The normalized spacial score (nSPS) is 11.8. The van der Waals surface area contributed by atoms with Crippen LogP contribution < -0.4 is 15.4 Å². The molecule has 0 aliphatic carbocycles. The van der Waals surface area contributed by atoms with Gasteiger partial charge in [-0.1, -0.05) is 29.8 Å². The van der Waals surface area contributed by atoms with Gasteiger partial charge >= 0.3 is 0 Å². The van der Waals surface area contributed by atoms with Crippen LogP contribution in [0.3, 0.4) is 0 Å². The SMILES string of the molecule is CNC(C)C(=O)Nc1ccccc1Oc1ccc(C)cc1. The highest BCUT2D eigenvalue weighted by Crippen LogP contribution is 2.29. The van der Waals surface area contributed by atoms with Gasteiger partial charge in [-0.05, 0) is 45.2 Å². The number of benzene rings is 2. The fourth-order valence-corrected chi connectivity index (χ4v) is 1.76. The van der Waals surface area contributed by atoms with E-state index in [1.807, 2.05) is 55.5 Å². The van der Waals surface area contributed by atoms with Gasteiger partial charge in [-0.25, -0.2) is 0 Å². The van der Waals surface area contributed by atoms with E-state index in [9.17, 15) is 4.79 Å². The number of aryl methyl sites for hydroxylation is 1. The number of amides is 1. The summed E-state index contributed by atoms with van der Waals surface area (Å²) < 4.78 is 5.84. The molecule has 0 fully saturated rings. The average molecular weight is 284 g/mol. The van der Waals surface area contributed by atoms with E-state index in [-0.39, 0.29) is 11.9 Å². The van der Waals surface area contributed by atoms with Gasteiger partial charge in [0, 0.05) is 0 Å². The van der Waals surface area contributed by atoms with Gasteiger partial charge in [0.15, 0.2) is 5.75 Å². The number of anilines is 1. The minimum Gasteiger partial charge on any atom is -0.455 e. The molecule has 0 heterocycles. The predicted molar refractivity (Wildman–Crippen MR) is 84.8 cm³/mol. The van der Waals surface area contributed by atoms with E-state index in [0.29, 0.717) is 11.4 Å². The summed E-state index contributed by atoms with van der Waals surface area (Å²) in [6, 6.07) is 14.9. The Morgan fingerprint density at radius 1 is 1.10 bits per heavy atom. The zero-order chi connectivity index (χ0) is 15.2. The Morgan fingerprint density at radius 3 is 2.43 bits per heavy atom. The number of ether oxygens (including phenoxy) is 1. The van der Waals surface area contributed by atoms with Gasteiger partial charge < -0.3 is 15.4 Å². The molecule has 4 nitrogen and oxygen atoms in total. The smallest absolute Gasteiger partial charge is 0.241 e. The molecule has 21 heavy (non-hydrogen) atoms. The molecule has 2 rings (SSSR count). The molecule has 0 spiro atoms. The molecule has 1 atom stereocenters. The van der Waals surface area contributed by atoms with Crippen LogP contribution >= 0.6 is 0 Å². The summed E-state index contributed by atoms with van der Waals surface area (Å²) in [6.45, 7) is 3.83. The van der Waals surface area contributed by atoms with Gasteiger partial charge in [-0.3, -0.25) is 4.79 Å². The molecule has 0 radical (unpaired) electrons. The van der Waals surface area contributed by atoms with Crippen molar-refractivity contribution in [2.24, 2.45) is 0 Å². The highest BCUT2D eigenvalue weighted by Gasteiger charge is 2.13. The lowest BCUT2D eigenvalue weighted by molar-refractivity contribution is -0.117. The summed E-state index contributed by atoms with van der Waals surface area (Å²) in [5.41, 5.74) is 1.83. The molecule has 0 aliphatic heterocycles. The second-order valence-corrected chi connectivity index (χ2v) is 4.91. The fourth-order valence-electron chi connectivity index (χ4n) is 1.76. The summed E-state index contributed by atoms with van der Waals surface area (Å²) in [5, 5.41) is 5.77. The summed E-state index contributed by atoms with van der Waals surface area (Å²) in [7, 11) is 1.75. The summed E-state index contributed by atoms with van der Waals surface area (Å²) in [5.74, 6) is 1.26. The van der Waals surface area contributed by atoms with Crippen molar-refractivity contribution >= 4 is 11.6 Å². The van der Waals surface area contributed by atoms with Crippen LogP contribution in [0.1, 0.15) is 12.5 Å². The second kappa shape index (κ2) is 6.90. The summed E-state index contributed by atoms with van der Waals surface area (Å²) in [4.78, 5) is 12.0. The molecule has 1 amide bonds. The highest BCUT2D eigenvalue weighted by molar-refractivity contribution is 5.95. The van der Waals surface area contributed by atoms with Crippen molar-refractivity contribution < 1.29 is 9.53 Å². The molecule has 0 aromatic heterocycles. The molecule has 0 aliphatic rings. The lowest BCUT2D eigenvalue weighted by Crippen LogP contribution is -2.35. The maximum absolute atomic E-state index is 12.0. The van der Waals surface area contributed by atoms with Crippen molar-refractivity contribution in [1.29, 1.82) is 0 Å². The molecular formula is C17H20N2O2.